The van der Waals surface area contributed by atoms with Crippen molar-refractivity contribution in [3.05, 3.63) is 35.9 Å². The van der Waals surface area contributed by atoms with Crippen LogP contribution in [0.5, 0.6) is 0 Å². The van der Waals surface area contributed by atoms with E-state index in [-0.39, 0.29) is 37.7 Å². The largest absolute Gasteiger partial charge is 2.00 e. The summed E-state index contributed by atoms with van der Waals surface area (Å²) in [7, 11) is 0. The maximum atomic E-state index is 9.89. The van der Waals surface area contributed by atoms with Gasteiger partial charge < -0.3 is 9.90 Å². The van der Waals surface area contributed by atoms with Crippen molar-refractivity contribution in [3.8, 4) is 11.8 Å². The number of aliphatic carboxylic acids is 1. The number of carbonyl (C=O) groups is 1. The molecule has 1 rings (SSSR count). The van der Waals surface area contributed by atoms with Gasteiger partial charge in [-0.1, -0.05) is 24.1 Å². The van der Waals surface area contributed by atoms with E-state index in [4.69, 9.17) is 0 Å². The van der Waals surface area contributed by atoms with Gasteiger partial charge in [0, 0.05) is 5.56 Å². The van der Waals surface area contributed by atoms with E-state index >= 15 is 0 Å². The molecule has 0 saturated heterocycles. The predicted molar refractivity (Wildman–Crippen MR) is 44.1 cm³/mol. The minimum Gasteiger partial charge on any atom is -0.537 e. The molecular formula is C9H5CaO2+. The van der Waals surface area contributed by atoms with Crippen LogP contribution in [-0.2, 0) is 4.79 Å². The first-order chi connectivity index (χ1) is 5.29. The Bertz CT molecular complexity index is 308. The molecule has 0 aliphatic rings. The van der Waals surface area contributed by atoms with E-state index in [0.717, 1.165) is 0 Å². The van der Waals surface area contributed by atoms with Crippen LogP contribution in [0.15, 0.2) is 30.3 Å². The van der Waals surface area contributed by atoms with Gasteiger partial charge in [0.05, 0.1) is 0 Å². The van der Waals surface area contributed by atoms with E-state index in [1.54, 1.807) is 24.3 Å². The molecule has 0 N–H and O–H groups in total. The van der Waals surface area contributed by atoms with Gasteiger partial charge in [-0.3, -0.25) is 0 Å². The Hall–Kier alpha value is -0.490. The summed E-state index contributed by atoms with van der Waals surface area (Å²) in [5.41, 5.74) is 0.678. The van der Waals surface area contributed by atoms with Gasteiger partial charge in [0.25, 0.3) is 0 Å². The van der Waals surface area contributed by atoms with E-state index in [2.05, 4.69) is 5.92 Å². The maximum absolute atomic E-state index is 9.89. The molecule has 3 heteroatoms. The summed E-state index contributed by atoms with van der Waals surface area (Å²) in [6, 6.07) is 8.88. The van der Waals surface area contributed by atoms with Crippen LogP contribution in [-0.4, -0.2) is 43.7 Å². The SMILES string of the molecule is O=C([O-])C#Cc1ccccc1.[Ca+2]. The van der Waals surface area contributed by atoms with E-state index in [1.807, 2.05) is 12.0 Å². The molecule has 2 nitrogen and oxygen atoms in total. The number of carbonyl (C=O) groups excluding carboxylic acids is 1. The second kappa shape index (κ2) is 6.07. The number of rotatable bonds is 0. The molecule has 0 radical (unpaired) electrons. The molecule has 0 aliphatic carbocycles. The average Bonchev–Trinajstić information content (AvgIpc) is 2.03. The Morgan fingerprint density at radius 1 is 1.25 bits per heavy atom. The van der Waals surface area contributed by atoms with Crippen molar-refractivity contribution in [3.63, 3.8) is 0 Å². The number of carboxylic acids is 1. The van der Waals surface area contributed by atoms with Crippen molar-refractivity contribution in [2.75, 3.05) is 0 Å². The van der Waals surface area contributed by atoms with Crippen LogP contribution >= 0.6 is 0 Å². The molecule has 0 aromatic heterocycles. The fraction of sp³-hybridized carbons (Fsp3) is 0. The van der Waals surface area contributed by atoms with Crippen molar-refractivity contribution in [2.24, 2.45) is 0 Å². The molecule has 0 fully saturated rings. The van der Waals surface area contributed by atoms with Gasteiger partial charge in [0.1, 0.15) is 5.97 Å². The first-order valence-electron chi connectivity index (χ1n) is 3.07. The zero-order valence-electron chi connectivity index (χ0n) is 6.41. The van der Waals surface area contributed by atoms with Gasteiger partial charge in [0.15, 0.2) is 0 Å². The van der Waals surface area contributed by atoms with Gasteiger partial charge in [-0.15, -0.1) is 0 Å². The molecule has 0 heterocycles. The van der Waals surface area contributed by atoms with Crippen LogP contribution in [0.3, 0.4) is 0 Å². The third kappa shape index (κ3) is 4.40. The van der Waals surface area contributed by atoms with Gasteiger partial charge >= 0.3 is 37.7 Å². The van der Waals surface area contributed by atoms with Crippen LogP contribution in [0.1, 0.15) is 5.56 Å². The molecular weight excluding hydrogens is 180 g/mol. The summed E-state index contributed by atoms with van der Waals surface area (Å²) in [6.07, 6.45) is 0. The van der Waals surface area contributed by atoms with E-state index in [9.17, 15) is 9.90 Å². The van der Waals surface area contributed by atoms with Crippen molar-refractivity contribution in [1.82, 2.24) is 0 Å². The number of benzene rings is 1. The van der Waals surface area contributed by atoms with Gasteiger partial charge in [-0.2, -0.15) is 0 Å². The van der Waals surface area contributed by atoms with Crippen LogP contribution in [0.25, 0.3) is 0 Å². The van der Waals surface area contributed by atoms with Gasteiger partial charge in [-0.05, 0) is 18.1 Å². The zero-order chi connectivity index (χ0) is 8.10. The molecule has 1 aromatic carbocycles. The topological polar surface area (TPSA) is 40.1 Å². The normalized spacial score (nSPS) is 7.33. The molecule has 0 saturated carbocycles. The molecule has 0 spiro atoms. The Morgan fingerprint density at radius 2 is 1.83 bits per heavy atom. The maximum Gasteiger partial charge on any atom is 2.00 e. The third-order valence-corrected chi connectivity index (χ3v) is 1.08. The molecule has 12 heavy (non-hydrogen) atoms. The average molecular weight is 185 g/mol. The summed E-state index contributed by atoms with van der Waals surface area (Å²) < 4.78 is 0. The Morgan fingerprint density at radius 3 is 2.33 bits per heavy atom. The summed E-state index contributed by atoms with van der Waals surface area (Å²) in [4.78, 5) is 9.89. The fourth-order valence-corrected chi connectivity index (χ4v) is 0.645. The second-order valence-electron chi connectivity index (χ2n) is 1.90. The van der Waals surface area contributed by atoms with Crippen LogP contribution in [0.2, 0.25) is 0 Å². The van der Waals surface area contributed by atoms with Gasteiger partial charge in [-0.25, -0.2) is 0 Å². The summed E-state index contributed by atoms with van der Waals surface area (Å²) in [6.45, 7) is 0. The second-order valence-corrected chi connectivity index (χ2v) is 1.90. The Kier molecular flexibility index (Phi) is 5.83. The third-order valence-electron chi connectivity index (χ3n) is 1.08. The quantitative estimate of drug-likeness (QED) is 0.400. The van der Waals surface area contributed by atoms with Crippen molar-refractivity contribution >= 4 is 43.7 Å². The standard InChI is InChI=1S/C9H6O2.Ca/c10-9(11)7-6-8-4-2-1-3-5-8;/h1-5H,(H,10,11);/q;+2/p-1. The minimum absolute atomic E-state index is 0. The zero-order valence-corrected chi connectivity index (χ0v) is 8.62. The number of hydrogen-bond donors (Lipinski definition) is 0. The fourth-order valence-electron chi connectivity index (χ4n) is 0.645. The molecule has 0 atom stereocenters. The molecule has 0 aliphatic heterocycles. The molecule has 0 amide bonds. The Labute approximate surface area is 101 Å². The van der Waals surface area contributed by atoms with Crippen molar-refractivity contribution in [1.29, 1.82) is 0 Å². The van der Waals surface area contributed by atoms with Gasteiger partial charge in [0.2, 0.25) is 0 Å². The summed E-state index contributed by atoms with van der Waals surface area (Å²) in [5.74, 6) is 3.00. The number of hydrogen-bond acceptors (Lipinski definition) is 2. The molecule has 0 unspecified atom stereocenters. The predicted octanol–water partition coefficient (Wildman–Crippen LogP) is -0.593. The van der Waals surface area contributed by atoms with E-state index < -0.39 is 5.97 Å². The van der Waals surface area contributed by atoms with Crippen LogP contribution in [0, 0.1) is 11.8 Å². The van der Waals surface area contributed by atoms with E-state index in [1.165, 1.54) is 0 Å². The molecule has 1 aromatic rings. The number of carboxylic acid groups (broad SMARTS) is 1. The molecule has 54 valence electrons. The molecule has 0 bridgehead atoms. The first-order valence-corrected chi connectivity index (χ1v) is 3.07. The van der Waals surface area contributed by atoms with Crippen LogP contribution < -0.4 is 5.11 Å². The smallest absolute Gasteiger partial charge is 0.537 e. The van der Waals surface area contributed by atoms with Crippen molar-refractivity contribution < 1.29 is 9.90 Å². The van der Waals surface area contributed by atoms with Crippen LogP contribution in [0.4, 0.5) is 0 Å². The van der Waals surface area contributed by atoms with Crippen molar-refractivity contribution in [2.45, 2.75) is 0 Å². The summed E-state index contributed by atoms with van der Waals surface area (Å²) >= 11 is 0. The summed E-state index contributed by atoms with van der Waals surface area (Å²) in [5, 5.41) is 9.89. The minimum atomic E-state index is -1.35. The van der Waals surface area contributed by atoms with E-state index in [0.29, 0.717) is 5.56 Å². The first kappa shape index (κ1) is 11.5. The monoisotopic (exact) mass is 185 g/mol. The Balaban J connectivity index is 0.00000121.